The Balaban J connectivity index is 2.61. The lowest BCUT2D eigenvalue weighted by atomic mass is 10.5. The molecule has 1 aromatic rings. The van der Waals surface area contributed by atoms with Crippen LogP contribution in [-0.2, 0) is 11.3 Å². The van der Waals surface area contributed by atoms with Crippen LogP contribution in [0.3, 0.4) is 0 Å². The van der Waals surface area contributed by atoms with E-state index in [1.54, 1.807) is 11.5 Å². The first-order valence-electron chi connectivity index (χ1n) is 4.43. The number of rotatable bonds is 4. The third-order valence-electron chi connectivity index (χ3n) is 1.88. The molecule has 0 fully saturated rings. The van der Waals surface area contributed by atoms with Crippen LogP contribution in [0.15, 0.2) is 6.20 Å². The summed E-state index contributed by atoms with van der Waals surface area (Å²) in [6.07, 6.45) is 1.36. The number of nitrogens with zero attached hydrogens (tertiary/aromatic N) is 3. The molecule has 0 saturated carbocycles. The van der Waals surface area contributed by atoms with Gasteiger partial charge in [-0.2, -0.15) is 0 Å². The van der Waals surface area contributed by atoms with Gasteiger partial charge in [0.15, 0.2) is 0 Å². The number of nitro groups is 1. The highest BCUT2D eigenvalue weighted by atomic mass is 16.6. The summed E-state index contributed by atoms with van der Waals surface area (Å²) in [6.45, 7) is 4.01. The number of aromatic nitrogens is 2. The fourth-order valence-electron chi connectivity index (χ4n) is 1.16. The van der Waals surface area contributed by atoms with Crippen molar-refractivity contribution in [3.63, 3.8) is 0 Å². The van der Waals surface area contributed by atoms with Crippen molar-refractivity contribution in [2.45, 2.75) is 20.4 Å². The third-order valence-corrected chi connectivity index (χ3v) is 1.88. The minimum Gasteiger partial charge on any atom is -0.358 e. The summed E-state index contributed by atoms with van der Waals surface area (Å²) in [6, 6.07) is 0. The Labute approximate surface area is 86.3 Å². The summed E-state index contributed by atoms with van der Waals surface area (Å²) in [7, 11) is 0. The third kappa shape index (κ3) is 3.04. The Morgan fingerprint density at radius 3 is 2.87 bits per heavy atom. The summed E-state index contributed by atoms with van der Waals surface area (Å²) in [5, 5.41) is 13.0. The van der Waals surface area contributed by atoms with Crippen LogP contribution >= 0.6 is 0 Å². The molecule has 0 aliphatic carbocycles. The molecule has 0 unspecified atom stereocenters. The van der Waals surface area contributed by atoms with Gasteiger partial charge in [-0.15, -0.1) is 0 Å². The molecule has 1 amide bonds. The number of nitrogens with one attached hydrogen (secondary N) is 1. The molecule has 1 heterocycles. The monoisotopic (exact) mass is 212 g/mol. The standard InChI is InChI=1S/C8H12N4O3/c1-6-10-8(12(14)15)5-11(6)4-3-9-7(2)13/h5H,3-4H2,1-2H3,(H,9,13). The number of amides is 1. The lowest BCUT2D eigenvalue weighted by Crippen LogP contribution is -2.24. The molecule has 0 atom stereocenters. The van der Waals surface area contributed by atoms with Crippen LogP contribution in [0, 0.1) is 17.0 Å². The molecule has 82 valence electrons. The smallest absolute Gasteiger partial charge is 0.358 e. The molecule has 0 bridgehead atoms. The molecule has 0 radical (unpaired) electrons. The van der Waals surface area contributed by atoms with E-state index >= 15 is 0 Å². The Hall–Kier alpha value is -1.92. The maximum Gasteiger partial charge on any atom is 0.381 e. The summed E-state index contributed by atoms with van der Waals surface area (Å²) in [4.78, 5) is 24.2. The van der Waals surface area contributed by atoms with Crippen molar-refractivity contribution in [2.75, 3.05) is 6.54 Å². The van der Waals surface area contributed by atoms with Gasteiger partial charge in [-0.1, -0.05) is 0 Å². The maximum absolute atomic E-state index is 10.6. The largest absolute Gasteiger partial charge is 0.381 e. The average molecular weight is 212 g/mol. The van der Waals surface area contributed by atoms with Gasteiger partial charge in [0.05, 0.1) is 0 Å². The van der Waals surface area contributed by atoms with E-state index in [2.05, 4.69) is 10.3 Å². The fourth-order valence-corrected chi connectivity index (χ4v) is 1.16. The van der Waals surface area contributed by atoms with Gasteiger partial charge in [-0.3, -0.25) is 4.79 Å². The molecule has 1 N–H and O–H groups in total. The van der Waals surface area contributed by atoms with Crippen LogP contribution in [0.2, 0.25) is 0 Å². The van der Waals surface area contributed by atoms with E-state index in [9.17, 15) is 14.9 Å². The number of carbonyl (C=O) groups is 1. The van der Waals surface area contributed by atoms with Crippen molar-refractivity contribution >= 4 is 11.7 Å². The first-order chi connectivity index (χ1) is 7.00. The van der Waals surface area contributed by atoms with Crippen LogP contribution in [0.5, 0.6) is 0 Å². The molecular weight excluding hydrogens is 200 g/mol. The molecule has 15 heavy (non-hydrogen) atoms. The zero-order valence-electron chi connectivity index (χ0n) is 8.56. The minimum atomic E-state index is -0.540. The van der Waals surface area contributed by atoms with Crippen molar-refractivity contribution < 1.29 is 9.72 Å². The first kappa shape index (κ1) is 11.2. The zero-order chi connectivity index (χ0) is 11.4. The molecule has 0 aliphatic heterocycles. The predicted octanol–water partition coefficient (Wildman–Crippen LogP) is 0.236. The number of hydrogen-bond donors (Lipinski definition) is 1. The van der Waals surface area contributed by atoms with Gasteiger partial charge in [-0.25, -0.2) is 0 Å². The van der Waals surface area contributed by atoms with Crippen LogP contribution in [0.4, 0.5) is 5.82 Å². The second-order valence-corrected chi connectivity index (χ2v) is 3.08. The van der Waals surface area contributed by atoms with Crippen LogP contribution in [0.25, 0.3) is 0 Å². The van der Waals surface area contributed by atoms with E-state index in [1.807, 2.05) is 0 Å². The van der Waals surface area contributed by atoms with Crippen molar-refractivity contribution in [1.29, 1.82) is 0 Å². The molecule has 0 aliphatic rings. The SMILES string of the molecule is CC(=O)NCCn1cc([N+](=O)[O-])nc1C. The highest BCUT2D eigenvalue weighted by molar-refractivity contribution is 5.72. The van der Waals surface area contributed by atoms with Gasteiger partial charge < -0.3 is 20.0 Å². The highest BCUT2D eigenvalue weighted by Crippen LogP contribution is 2.09. The lowest BCUT2D eigenvalue weighted by molar-refractivity contribution is -0.389. The van der Waals surface area contributed by atoms with E-state index in [0.29, 0.717) is 18.9 Å². The van der Waals surface area contributed by atoms with Gasteiger partial charge in [0.1, 0.15) is 6.20 Å². The number of hydrogen-bond acceptors (Lipinski definition) is 4. The van der Waals surface area contributed by atoms with E-state index in [1.165, 1.54) is 13.1 Å². The van der Waals surface area contributed by atoms with Crippen LogP contribution in [0.1, 0.15) is 12.7 Å². The molecule has 7 nitrogen and oxygen atoms in total. The van der Waals surface area contributed by atoms with Crippen LogP contribution in [-0.4, -0.2) is 26.9 Å². The number of carbonyl (C=O) groups excluding carboxylic acids is 1. The Bertz CT molecular complexity index is 385. The van der Waals surface area contributed by atoms with E-state index in [-0.39, 0.29) is 11.7 Å². The van der Waals surface area contributed by atoms with Crippen molar-refractivity contribution in [3.05, 3.63) is 22.1 Å². The second-order valence-electron chi connectivity index (χ2n) is 3.08. The predicted molar refractivity (Wildman–Crippen MR) is 52.3 cm³/mol. The lowest BCUT2D eigenvalue weighted by Gasteiger charge is -2.02. The summed E-state index contributed by atoms with van der Waals surface area (Å²) in [5.41, 5.74) is 0. The molecule has 0 spiro atoms. The van der Waals surface area contributed by atoms with E-state index in [0.717, 1.165) is 0 Å². The maximum atomic E-state index is 10.6. The zero-order valence-corrected chi connectivity index (χ0v) is 8.56. The first-order valence-corrected chi connectivity index (χ1v) is 4.43. The molecule has 7 heteroatoms. The van der Waals surface area contributed by atoms with Gasteiger partial charge >= 0.3 is 5.82 Å². The summed E-state index contributed by atoms with van der Waals surface area (Å²) < 4.78 is 1.63. The second kappa shape index (κ2) is 4.54. The molecule has 1 rings (SSSR count). The number of aryl methyl sites for hydroxylation is 1. The summed E-state index contributed by atoms with van der Waals surface area (Å²) >= 11 is 0. The molecule has 1 aromatic heterocycles. The summed E-state index contributed by atoms with van der Waals surface area (Å²) in [5.74, 6) is 0.268. The van der Waals surface area contributed by atoms with Crippen molar-refractivity contribution in [3.8, 4) is 0 Å². The Morgan fingerprint density at radius 1 is 1.73 bits per heavy atom. The minimum absolute atomic E-state index is 0.123. The van der Waals surface area contributed by atoms with Crippen LogP contribution < -0.4 is 5.32 Å². The van der Waals surface area contributed by atoms with E-state index < -0.39 is 4.92 Å². The van der Waals surface area contributed by atoms with Gasteiger partial charge in [0.25, 0.3) is 0 Å². The fraction of sp³-hybridized carbons (Fsp3) is 0.500. The normalized spacial score (nSPS) is 10.0. The Kier molecular flexibility index (Phi) is 3.37. The molecule has 0 aromatic carbocycles. The average Bonchev–Trinajstić information content (AvgIpc) is 2.47. The number of imidazole rings is 1. The molecular formula is C8H12N4O3. The van der Waals surface area contributed by atoms with Gasteiger partial charge in [0.2, 0.25) is 11.7 Å². The molecule has 0 saturated heterocycles. The van der Waals surface area contributed by atoms with Crippen molar-refractivity contribution in [1.82, 2.24) is 14.9 Å². The highest BCUT2D eigenvalue weighted by Gasteiger charge is 2.14. The quantitative estimate of drug-likeness (QED) is 0.571. The van der Waals surface area contributed by atoms with E-state index in [4.69, 9.17) is 0 Å². The van der Waals surface area contributed by atoms with Gasteiger partial charge in [0, 0.05) is 26.9 Å². The van der Waals surface area contributed by atoms with Gasteiger partial charge in [-0.05, 0) is 9.91 Å². The Morgan fingerprint density at radius 2 is 2.40 bits per heavy atom. The topological polar surface area (TPSA) is 90.1 Å². The van der Waals surface area contributed by atoms with Crippen molar-refractivity contribution in [2.24, 2.45) is 0 Å².